The largest absolute Gasteiger partial charge is 0.0906 e. The molecule has 0 saturated heterocycles. The minimum atomic E-state index is 1.08. The maximum Gasteiger partial charge on any atom is -0.0183 e. The van der Waals surface area contributed by atoms with Gasteiger partial charge in [0.2, 0.25) is 0 Å². The van der Waals surface area contributed by atoms with Crippen LogP contribution in [0.2, 0.25) is 0 Å². The molecule has 0 heteroatoms. The summed E-state index contributed by atoms with van der Waals surface area (Å²) in [6.07, 6.45) is 1.08. The molecule has 0 nitrogen and oxygen atoms in total. The lowest BCUT2D eigenvalue weighted by Crippen LogP contribution is -1.87. The molecule has 0 bridgehead atoms. The van der Waals surface area contributed by atoms with E-state index in [1.165, 1.54) is 22.3 Å². The first-order valence-electron chi connectivity index (χ1n) is 7.06. The lowest BCUT2D eigenvalue weighted by molar-refractivity contribution is 1.14. The molecule has 2 aromatic rings. The van der Waals surface area contributed by atoms with Gasteiger partial charge in [0.1, 0.15) is 0 Å². The molecule has 0 radical (unpaired) electrons. The van der Waals surface area contributed by atoms with E-state index in [-0.39, 0.29) is 0 Å². The predicted octanol–water partition coefficient (Wildman–Crippen LogP) is 5.65. The summed E-state index contributed by atoms with van der Waals surface area (Å²) in [5, 5.41) is 0. The molecule has 0 spiro atoms. The number of benzene rings is 2. The van der Waals surface area contributed by atoms with Gasteiger partial charge < -0.3 is 0 Å². The van der Waals surface area contributed by atoms with Crippen molar-refractivity contribution in [2.45, 2.75) is 34.1 Å². The van der Waals surface area contributed by atoms with Gasteiger partial charge in [-0.15, -0.1) is 0 Å². The molecule has 0 aromatic heterocycles. The summed E-state index contributed by atoms with van der Waals surface area (Å²) < 4.78 is 0. The van der Waals surface area contributed by atoms with Crippen molar-refractivity contribution < 1.29 is 0 Å². The minimum absolute atomic E-state index is 1.08. The molecule has 0 aliphatic heterocycles. The van der Waals surface area contributed by atoms with Crippen LogP contribution in [0, 0.1) is 6.92 Å². The molecule has 19 heavy (non-hydrogen) atoms. The molecule has 0 unspecified atom stereocenters. The SMILES string of the molecule is C=C(c1ccc(C)cc1)c1ccc(CC)cc1.CC. The zero-order valence-electron chi connectivity index (χ0n) is 12.5. The van der Waals surface area contributed by atoms with Gasteiger partial charge in [0, 0.05) is 0 Å². The molecule has 100 valence electrons. The van der Waals surface area contributed by atoms with Crippen LogP contribution in [0.1, 0.15) is 43.0 Å². The smallest absolute Gasteiger partial charge is 0.0183 e. The van der Waals surface area contributed by atoms with Crippen molar-refractivity contribution in [1.29, 1.82) is 0 Å². The van der Waals surface area contributed by atoms with Gasteiger partial charge in [-0.3, -0.25) is 0 Å². The quantitative estimate of drug-likeness (QED) is 0.662. The van der Waals surface area contributed by atoms with E-state index < -0.39 is 0 Å². The molecule has 0 fully saturated rings. The van der Waals surface area contributed by atoms with Gasteiger partial charge in [-0.2, -0.15) is 0 Å². The Bertz CT molecular complexity index is 501. The average molecular weight is 252 g/mol. The number of rotatable bonds is 3. The first-order valence-corrected chi connectivity index (χ1v) is 7.06. The monoisotopic (exact) mass is 252 g/mol. The van der Waals surface area contributed by atoms with Crippen molar-refractivity contribution in [2.75, 3.05) is 0 Å². The third kappa shape index (κ3) is 4.10. The lowest BCUT2D eigenvalue weighted by Gasteiger charge is -2.07. The van der Waals surface area contributed by atoms with E-state index in [4.69, 9.17) is 0 Å². The molecule has 2 rings (SSSR count). The summed E-state index contributed by atoms with van der Waals surface area (Å²) >= 11 is 0. The van der Waals surface area contributed by atoms with Gasteiger partial charge in [-0.05, 0) is 35.6 Å². The van der Waals surface area contributed by atoms with E-state index in [1.807, 2.05) is 13.8 Å². The fourth-order valence-electron chi connectivity index (χ4n) is 1.86. The molecule has 0 N–H and O–H groups in total. The highest BCUT2D eigenvalue weighted by molar-refractivity contribution is 5.78. The highest BCUT2D eigenvalue weighted by Crippen LogP contribution is 2.22. The van der Waals surface area contributed by atoms with Crippen LogP contribution >= 0.6 is 0 Å². The Morgan fingerprint density at radius 2 is 1.26 bits per heavy atom. The molecular weight excluding hydrogens is 228 g/mol. The molecule has 0 saturated carbocycles. The van der Waals surface area contributed by atoms with E-state index in [0.29, 0.717) is 0 Å². The summed E-state index contributed by atoms with van der Waals surface area (Å²) in [5.74, 6) is 0. The second-order valence-corrected chi connectivity index (χ2v) is 4.40. The number of aryl methyl sites for hydroxylation is 2. The van der Waals surface area contributed by atoms with Gasteiger partial charge in [0.25, 0.3) is 0 Å². The third-order valence-electron chi connectivity index (χ3n) is 3.11. The van der Waals surface area contributed by atoms with E-state index in [1.54, 1.807) is 0 Å². The number of hydrogen-bond acceptors (Lipinski definition) is 0. The summed E-state index contributed by atoms with van der Waals surface area (Å²) in [7, 11) is 0. The van der Waals surface area contributed by atoms with Gasteiger partial charge in [0.15, 0.2) is 0 Å². The highest BCUT2D eigenvalue weighted by atomic mass is 14.1. The Kier molecular flexibility index (Phi) is 6.08. The second kappa shape index (κ2) is 7.58. The molecule has 0 heterocycles. The molecule has 0 aliphatic carbocycles. The van der Waals surface area contributed by atoms with Crippen molar-refractivity contribution in [3.8, 4) is 0 Å². The van der Waals surface area contributed by atoms with Crippen molar-refractivity contribution >= 4 is 5.57 Å². The summed E-state index contributed by atoms with van der Waals surface area (Å²) in [5.41, 5.74) is 6.13. The van der Waals surface area contributed by atoms with E-state index >= 15 is 0 Å². The van der Waals surface area contributed by atoms with Crippen LogP contribution in [0.25, 0.3) is 5.57 Å². The first kappa shape index (κ1) is 15.2. The highest BCUT2D eigenvalue weighted by Gasteiger charge is 2.01. The van der Waals surface area contributed by atoms with E-state index in [9.17, 15) is 0 Å². The zero-order chi connectivity index (χ0) is 14.3. The second-order valence-electron chi connectivity index (χ2n) is 4.40. The van der Waals surface area contributed by atoms with Crippen LogP contribution in [0.5, 0.6) is 0 Å². The van der Waals surface area contributed by atoms with Crippen LogP contribution < -0.4 is 0 Å². The lowest BCUT2D eigenvalue weighted by atomic mass is 9.97. The predicted molar refractivity (Wildman–Crippen MR) is 86.5 cm³/mol. The van der Waals surface area contributed by atoms with E-state index in [2.05, 4.69) is 69.0 Å². The van der Waals surface area contributed by atoms with Crippen LogP contribution in [0.3, 0.4) is 0 Å². The maximum absolute atomic E-state index is 4.18. The van der Waals surface area contributed by atoms with Gasteiger partial charge >= 0.3 is 0 Å². The molecule has 0 amide bonds. The zero-order valence-corrected chi connectivity index (χ0v) is 12.5. The Morgan fingerprint density at radius 1 is 0.842 bits per heavy atom. The molecular formula is C19H24. The normalized spacial score (nSPS) is 9.47. The topological polar surface area (TPSA) is 0 Å². The fourth-order valence-corrected chi connectivity index (χ4v) is 1.86. The van der Waals surface area contributed by atoms with Gasteiger partial charge in [-0.1, -0.05) is 81.4 Å². The van der Waals surface area contributed by atoms with E-state index in [0.717, 1.165) is 12.0 Å². The Labute approximate surface area is 117 Å². The Hall–Kier alpha value is -1.82. The van der Waals surface area contributed by atoms with Crippen molar-refractivity contribution in [2.24, 2.45) is 0 Å². The average Bonchev–Trinajstić information content (AvgIpc) is 2.49. The van der Waals surface area contributed by atoms with Crippen molar-refractivity contribution in [1.82, 2.24) is 0 Å². The molecule has 0 aliphatic rings. The summed E-state index contributed by atoms with van der Waals surface area (Å²) in [6, 6.07) is 17.2. The fraction of sp³-hybridized carbons (Fsp3) is 0.263. The molecule has 0 atom stereocenters. The van der Waals surface area contributed by atoms with Crippen LogP contribution in [-0.4, -0.2) is 0 Å². The van der Waals surface area contributed by atoms with Gasteiger partial charge in [0.05, 0.1) is 0 Å². The van der Waals surface area contributed by atoms with Crippen LogP contribution in [0.15, 0.2) is 55.1 Å². The minimum Gasteiger partial charge on any atom is -0.0906 e. The van der Waals surface area contributed by atoms with Crippen LogP contribution in [0.4, 0.5) is 0 Å². The standard InChI is InChI=1S/C17H18.C2H6/c1-4-15-7-11-17(12-8-15)14(3)16-9-5-13(2)6-10-16;1-2/h5-12H,3-4H2,1-2H3;1-2H3. The van der Waals surface area contributed by atoms with Gasteiger partial charge in [-0.25, -0.2) is 0 Å². The Balaban J connectivity index is 0.000000861. The first-order chi connectivity index (χ1) is 9.20. The number of hydrogen-bond donors (Lipinski definition) is 0. The van der Waals surface area contributed by atoms with Crippen molar-refractivity contribution in [3.05, 3.63) is 77.4 Å². The maximum atomic E-state index is 4.18. The summed E-state index contributed by atoms with van der Waals surface area (Å²) in [4.78, 5) is 0. The third-order valence-corrected chi connectivity index (χ3v) is 3.11. The van der Waals surface area contributed by atoms with Crippen LogP contribution in [-0.2, 0) is 6.42 Å². The Morgan fingerprint density at radius 3 is 1.68 bits per heavy atom. The summed E-state index contributed by atoms with van der Waals surface area (Å²) in [6.45, 7) is 12.5. The van der Waals surface area contributed by atoms with Crippen molar-refractivity contribution in [3.63, 3.8) is 0 Å². The molecule has 2 aromatic carbocycles.